The Kier molecular flexibility index (Phi) is 5.82. The van der Waals surface area contributed by atoms with Gasteiger partial charge in [0.25, 0.3) is 0 Å². The Morgan fingerprint density at radius 3 is 1.52 bits per heavy atom. The lowest BCUT2D eigenvalue weighted by atomic mass is 9.95. The zero-order chi connectivity index (χ0) is 21.0. The maximum absolute atomic E-state index is 13.1. The van der Waals surface area contributed by atoms with Gasteiger partial charge in [0.1, 0.15) is 34.6 Å². The van der Waals surface area contributed by atoms with Gasteiger partial charge in [-0.05, 0) is 48.5 Å². The molecular weight excluding hydrogens is 376 g/mol. The summed E-state index contributed by atoms with van der Waals surface area (Å²) >= 11 is 0. The number of nitrogens with one attached hydrogen (secondary N) is 1. The van der Waals surface area contributed by atoms with Crippen LogP contribution >= 0.6 is 0 Å². The maximum atomic E-state index is 13.1. The van der Waals surface area contributed by atoms with E-state index in [1.165, 1.54) is 48.5 Å². The molecule has 150 valence electrons. The van der Waals surface area contributed by atoms with Crippen molar-refractivity contribution in [2.75, 3.05) is 5.32 Å². The van der Waals surface area contributed by atoms with Gasteiger partial charge in [0.2, 0.25) is 5.91 Å². The quantitative estimate of drug-likeness (QED) is 0.532. The zero-order valence-electron chi connectivity index (χ0n) is 16.3. The predicted octanol–water partition coefficient (Wildman–Crippen LogP) is 6.53. The number of amides is 1. The van der Waals surface area contributed by atoms with Gasteiger partial charge in [0, 0.05) is 29.3 Å². The van der Waals surface area contributed by atoms with Crippen LogP contribution in [0.2, 0.25) is 0 Å². The summed E-state index contributed by atoms with van der Waals surface area (Å²) in [6, 6.07) is 16.0. The van der Waals surface area contributed by atoms with Crippen molar-refractivity contribution in [2.24, 2.45) is 5.41 Å². The van der Waals surface area contributed by atoms with Crippen LogP contribution in [0, 0.1) is 17.0 Å². The number of rotatable bonds is 5. The molecule has 3 rings (SSSR count). The van der Waals surface area contributed by atoms with E-state index in [1.54, 1.807) is 39.0 Å². The lowest BCUT2D eigenvalue weighted by Gasteiger charge is -2.19. The molecule has 0 spiro atoms. The molecule has 0 fully saturated rings. The van der Waals surface area contributed by atoms with Crippen LogP contribution in [0.15, 0.2) is 66.7 Å². The van der Waals surface area contributed by atoms with E-state index in [9.17, 15) is 13.6 Å². The van der Waals surface area contributed by atoms with E-state index >= 15 is 0 Å². The summed E-state index contributed by atoms with van der Waals surface area (Å²) in [7, 11) is 0. The molecule has 0 aromatic heterocycles. The minimum atomic E-state index is -0.591. The van der Waals surface area contributed by atoms with Gasteiger partial charge in [-0.1, -0.05) is 20.8 Å². The van der Waals surface area contributed by atoms with Crippen LogP contribution in [-0.4, -0.2) is 5.91 Å². The number of hydrogen-bond acceptors (Lipinski definition) is 3. The summed E-state index contributed by atoms with van der Waals surface area (Å²) in [5.41, 5.74) is -0.118. The zero-order valence-corrected chi connectivity index (χ0v) is 16.3. The third-order valence-electron chi connectivity index (χ3n) is 3.92. The van der Waals surface area contributed by atoms with Crippen LogP contribution in [-0.2, 0) is 4.79 Å². The van der Waals surface area contributed by atoms with Crippen LogP contribution in [0.1, 0.15) is 20.8 Å². The number of benzene rings is 3. The average molecular weight is 397 g/mol. The molecule has 1 amide bonds. The molecule has 0 aliphatic carbocycles. The van der Waals surface area contributed by atoms with E-state index in [2.05, 4.69) is 5.32 Å². The van der Waals surface area contributed by atoms with Gasteiger partial charge in [-0.2, -0.15) is 0 Å². The predicted molar refractivity (Wildman–Crippen MR) is 107 cm³/mol. The molecule has 0 radical (unpaired) electrons. The number of carbonyl (C=O) groups is 1. The van der Waals surface area contributed by atoms with E-state index in [0.29, 0.717) is 28.7 Å². The second-order valence-electron chi connectivity index (χ2n) is 7.51. The fraction of sp³-hybridized carbons (Fsp3) is 0.174. The molecule has 0 saturated carbocycles. The minimum Gasteiger partial charge on any atom is -0.457 e. The van der Waals surface area contributed by atoms with Crippen molar-refractivity contribution in [3.8, 4) is 23.0 Å². The Balaban J connectivity index is 1.90. The van der Waals surface area contributed by atoms with Crippen molar-refractivity contribution in [3.05, 3.63) is 78.4 Å². The molecule has 1 N–H and O–H groups in total. The first-order valence-corrected chi connectivity index (χ1v) is 9.02. The van der Waals surface area contributed by atoms with Gasteiger partial charge >= 0.3 is 0 Å². The monoisotopic (exact) mass is 397 g/mol. The fourth-order valence-electron chi connectivity index (χ4n) is 2.36. The number of anilines is 1. The van der Waals surface area contributed by atoms with Gasteiger partial charge < -0.3 is 14.8 Å². The maximum Gasteiger partial charge on any atom is 0.229 e. The molecule has 0 unspecified atom stereocenters. The third-order valence-corrected chi connectivity index (χ3v) is 3.92. The summed E-state index contributed by atoms with van der Waals surface area (Å²) in [6.45, 7) is 5.41. The molecule has 0 bridgehead atoms. The van der Waals surface area contributed by atoms with Crippen LogP contribution in [0.25, 0.3) is 0 Å². The lowest BCUT2D eigenvalue weighted by Crippen LogP contribution is -2.27. The Labute approximate surface area is 168 Å². The Morgan fingerprint density at radius 1 is 0.724 bits per heavy atom. The van der Waals surface area contributed by atoms with Crippen LogP contribution in [0.4, 0.5) is 14.5 Å². The fourth-order valence-corrected chi connectivity index (χ4v) is 2.36. The topological polar surface area (TPSA) is 47.6 Å². The SMILES string of the molecule is CC(C)(C)C(=O)Nc1cc(Oc2ccc(F)cc2)cc(Oc2ccc(F)cc2)c1. The molecule has 29 heavy (non-hydrogen) atoms. The van der Waals surface area contributed by atoms with Gasteiger partial charge in [0.15, 0.2) is 0 Å². The standard InChI is InChI=1S/C23H21F2NO3/c1-23(2,3)22(27)26-17-12-20(28-18-8-4-15(24)5-9-18)14-21(13-17)29-19-10-6-16(25)7-11-19/h4-14H,1-3H3,(H,26,27). The summed E-state index contributed by atoms with van der Waals surface area (Å²) in [6.07, 6.45) is 0. The van der Waals surface area contributed by atoms with Crippen molar-refractivity contribution in [3.63, 3.8) is 0 Å². The van der Waals surface area contributed by atoms with E-state index in [0.717, 1.165) is 0 Å². The second kappa shape index (κ2) is 8.31. The van der Waals surface area contributed by atoms with Crippen molar-refractivity contribution in [2.45, 2.75) is 20.8 Å². The highest BCUT2D eigenvalue weighted by Gasteiger charge is 2.21. The Morgan fingerprint density at radius 2 is 1.14 bits per heavy atom. The molecule has 0 saturated heterocycles. The van der Waals surface area contributed by atoms with E-state index < -0.39 is 5.41 Å². The smallest absolute Gasteiger partial charge is 0.229 e. The normalized spacial score (nSPS) is 11.1. The minimum absolute atomic E-state index is 0.177. The van der Waals surface area contributed by atoms with Crippen LogP contribution in [0.5, 0.6) is 23.0 Å². The van der Waals surface area contributed by atoms with Gasteiger partial charge in [-0.3, -0.25) is 4.79 Å². The summed E-state index contributed by atoms with van der Waals surface area (Å²) < 4.78 is 37.8. The highest BCUT2D eigenvalue weighted by Crippen LogP contribution is 2.33. The average Bonchev–Trinajstić information content (AvgIpc) is 2.65. The number of hydrogen-bond donors (Lipinski definition) is 1. The number of carbonyl (C=O) groups excluding carboxylic acids is 1. The first-order valence-electron chi connectivity index (χ1n) is 9.02. The van der Waals surface area contributed by atoms with Crippen molar-refractivity contribution in [1.29, 1.82) is 0 Å². The number of ether oxygens (including phenoxy) is 2. The molecule has 0 aliphatic rings. The highest BCUT2D eigenvalue weighted by molar-refractivity contribution is 5.94. The highest BCUT2D eigenvalue weighted by atomic mass is 19.1. The molecule has 3 aromatic carbocycles. The van der Waals surface area contributed by atoms with E-state index in [1.807, 2.05) is 0 Å². The van der Waals surface area contributed by atoms with Gasteiger partial charge in [0.05, 0.1) is 0 Å². The summed E-state index contributed by atoms with van der Waals surface area (Å²) in [5.74, 6) is 0.717. The molecule has 0 heterocycles. The van der Waals surface area contributed by atoms with Crippen molar-refractivity contribution >= 4 is 11.6 Å². The van der Waals surface area contributed by atoms with Crippen molar-refractivity contribution in [1.82, 2.24) is 0 Å². The molecule has 3 aromatic rings. The molecule has 6 heteroatoms. The molecular formula is C23H21F2NO3. The van der Waals surface area contributed by atoms with E-state index in [-0.39, 0.29) is 17.5 Å². The number of halogens is 2. The van der Waals surface area contributed by atoms with Crippen LogP contribution in [0.3, 0.4) is 0 Å². The summed E-state index contributed by atoms with van der Waals surface area (Å²) in [5, 5.41) is 2.83. The van der Waals surface area contributed by atoms with Crippen molar-refractivity contribution < 1.29 is 23.0 Å². The summed E-state index contributed by atoms with van der Waals surface area (Å²) in [4.78, 5) is 12.4. The first kappa shape index (κ1) is 20.3. The Hall–Kier alpha value is -3.41. The molecule has 0 atom stereocenters. The Bertz CT molecular complexity index is 928. The third kappa shape index (κ3) is 5.78. The van der Waals surface area contributed by atoms with E-state index in [4.69, 9.17) is 9.47 Å². The lowest BCUT2D eigenvalue weighted by molar-refractivity contribution is -0.123. The molecule has 0 aliphatic heterocycles. The second-order valence-corrected chi connectivity index (χ2v) is 7.51. The first-order chi connectivity index (χ1) is 13.7. The molecule has 4 nitrogen and oxygen atoms in total. The largest absolute Gasteiger partial charge is 0.457 e. The van der Waals surface area contributed by atoms with Crippen LogP contribution < -0.4 is 14.8 Å². The van der Waals surface area contributed by atoms with Gasteiger partial charge in [-0.15, -0.1) is 0 Å². The van der Waals surface area contributed by atoms with Gasteiger partial charge in [-0.25, -0.2) is 8.78 Å².